The summed E-state index contributed by atoms with van der Waals surface area (Å²) in [5.74, 6) is 0.508. The lowest BCUT2D eigenvalue weighted by Crippen LogP contribution is -2.39. The van der Waals surface area contributed by atoms with Crippen LogP contribution in [0.25, 0.3) is 0 Å². The Morgan fingerprint density at radius 2 is 1.92 bits per heavy atom. The Bertz CT molecular complexity index is 722. The van der Waals surface area contributed by atoms with Crippen molar-refractivity contribution in [1.29, 1.82) is 0 Å². The van der Waals surface area contributed by atoms with Crippen LogP contribution in [0.5, 0.6) is 0 Å². The first kappa shape index (κ1) is 18.0. The van der Waals surface area contributed by atoms with E-state index in [1.165, 1.54) is 19.3 Å². The summed E-state index contributed by atoms with van der Waals surface area (Å²) in [7, 11) is 0. The van der Waals surface area contributed by atoms with Gasteiger partial charge in [-0.05, 0) is 43.2 Å². The molecule has 1 saturated carbocycles. The van der Waals surface area contributed by atoms with Gasteiger partial charge in [0.2, 0.25) is 5.91 Å². The van der Waals surface area contributed by atoms with Crippen molar-refractivity contribution in [3.8, 4) is 0 Å². The molecule has 1 aromatic carbocycles. The van der Waals surface area contributed by atoms with E-state index in [4.69, 9.17) is 4.42 Å². The minimum atomic E-state index is -0.184. The molecule has 26 heavy (non-hydrogen) atoms. The van der Waals surface area contributed by atoms with E-state index in [-0.39, 0.29) is 18.4 Å². The zero-order chi connectivity index (χ0) is 18.2. The third-order valence-electron chi connectivity index (χ3n) is 4.55. The molecule has 2 amide bonds. The van der Waals surface area contributed by atoms with Gasteiger partial charge in [0.25, 0.3) is 5.91 Å². The fourth-order valence-electron chi connectivity index (χ4n) is 3.16. The molecule has 1 fully saturated rings. The minimum absolute atomic E-state index is 0.00965. The van der Waals surface area contributed by atoms with E-state index in [1.807, 2.05) is 12.1 Å². The van der Waals surface area contributed by atoms with Gasteiger partial charge < -0.3 is 20.4 Å². The molecule has 6 nitrogen and oxygen atoms in total. The molecule has 0 spiro atoms. The van der Waals surface area contributed by atoms with Crippen LogP contribution in [-0.4, -0.2) is 24.4 Å². The fraction of sp³-hybridized carbons (Fsp3) is 0.400. The van der Waals surface area contributed by atoms with Crippen LogP contribution in [0, 0.1) is 0 Å². The smallest absolute Gasteiger partial charge is 0.251 e. The van der Waals surface area contributed by atoms with Gasteiger partial charge in [-0.25, -0.2) is 0 Å². The molecule has 1 aromatic heterocycles. The third kappa shape index (κ3) is 5.37. The van der Waals surface area contributed by atoms with Gasteiger partial charge in [-0.15, -0.1) is 0 Å². The molecular weight excluding hydrogens is 330 g/mol. The first-order valence-corrected chi connectivity index (χ1v) is 9.14. The number of amides is 2. The lowest BCUT2D eigenvalue weighted by molar-refractivity contribution is -0.120. The van der Waals surface area contributed by atoms with Crippen LogP contribution >= 0.6 is 0 Å². The molecule has 0 unspecified atom stereocenters. The maximum atomic E-state index is 12.2. The van der Waals surface area contributed by atoms with Crippen LogP contribution in [0.2, 0.25) is 0 Å². The molecule has 1 aliphatic carbocycles. The molecule has 0 bridgehead atoms. The zero-order valence-corrected chi connectivity index (χ0v) is 14.8. The monoisotopic (exact) mass is 355 g/mol. The Hall–Kier alpha value is -2.76. The summed E-state index contributed by atoms with van der Waals surface area (Å²) in [5.41, 5.74) is 1.28. The van der Waals surface area contributed by atoms with Crippen molar-refractivity contribution < 1.29 is 14.0 Å². The Balaban J connectivity index is 1.47. The quantitative estimate of drug-likeness (QED) is 0.713. The molecule has 0 radical (unpaired) electrons. The first-order chi connectivity index (χ1) is 12.7. The maximum Gasteiger partial charge on any atom is 0.251 e. The molecule has 0 saturated heterocycles. The van der Waals surface area contributed by atoms with E-state index in [1.54, 1.807) is 30.5 Å². The number of anilines is 1. The van der Waals surface area contributed by atoms with Crippen LogP contribution in [0.4, 0.5) is 5.69 Å². The second-order valence-corrected chi connectivity index (χ2v) is 6.60. The lowest BCUT2D eigenvalue weighted by atomic mass is 9.95. The molecule has 2 aromatic rings. The molecule has 138 valence electrons. The Kier molecular flexibility index (Phi) is 6.30. The summed E-state index contributed by atoms with van der Waals surface area (Å²) in [5, 5.41) is 8.97. The van der Waals surface area contributed by atoms with Gasteiger partial charge in [0.05, 0.1) is 19.4 Å². The largest absolute Gasteiger partial charge is 0.467 e. The van der Waals surface area contributed by atoms with E-state index in [9.17, 15) is 9.59 Å². The summed E-state index contributed by atoms with van der Waals surface area (Å²) in [6.45, 7) is 0.543. The highest BCUT2D eigenvalue weighted by atomic mass is 16.3. The van der Waals surface area contributed by atoms with Gasteiger partial charge in [-0.1, -0.05) is 25.3 Å². The second kappa shape index (κ2) is 9.08. The first-order valence-electron chi connectivity index (χ1n) is 9.14. The van der Waals surface area contributed by atoms with Gasteiger partial charge in [-0.2, -0.15) is 0 Å². The van der Waals surface area contributed by atoms with E-state index in [2.05, 4.69) is 16.0 Å². The summed E-state index contributed by atoms with van der Waals surface area (Å²) < 4.78 is 5.20. The highest BCUT2D eigenvalue weighted by molar-refractivity contribution is 5.95. The average molecular weight is 355 g/mol. The van der Waals surface area contributed by atoms with E-state index < -0.39 is 0 Å². The predicted molar refractivity (Wildman–Crippen MR) is 99.8 cm³/mol. The van der Waals surface area contributed by atoms with Gasteiger partial charge in [0.15, 0.2) is 0 Å². The van der Waals surface area contributed by atoms with Crippen LogP contribution in [0.3, 0.4) is 0 Å². The number of carbonyl (C=O) groups excluding carboxylic acids is 2. The van der Waals surface area contributed by atoms with Gasteiger partial charge in [-0.3, -0.25) is 9.59 Å². The molecule has 3 N–H and O–H groups in total. The predicted octanol–water partition coefficient (Wildman–Crippen LogP) is 3.07. The Morgan fingerprint density at radius 1 is 1.08 bits per heavy atom. The van der Waals surface area contributed by atoms with Gasteiger partial charge in [0.1, 0.15) is 5.76 Å². The lowest BCUT2D eigenvalue weighted by Gasteiger charge is -2.22. The van der Waals surface area contributed by atoms with Crippen molar-refractivity contribution >= 4 is 17.5 Å². The minimum Gasteiger partial charge on any atom is -0.467 e. The summed E-state index contributed by atoms with van der Waals surface area (Å²) in [6, 6.07) is 11.0. The number of benzene rings is 1. The summed E-state index contributed by atoms with van der Waals surface area (Å²) in [6.07, 6.45) is 7.35. The number of furan rings is 1. The standard InChI is InChI=1S/C20H25N3O3/c24-19(23-16-7-2-1-3-8-16)14-21-17-9-4-6-15(12-17)20(25)22-13-18-10-5-11-26-18/h4-6,9-12,16,21H,1-3,7-8,13-14H2,(H,22,25)(H,23,24). The van der Waals surface area contributed by atoms with Crippen LogP contribution < -0.4 is 16.0 Å². The van der Waals surface area contributed by atoms with Gasteiger partial charge in [0, 0.05) is 17.3 Å². The SMILES string of the molecule is O=C(CNc1cccc(C(=O)NCc2ccco2)c1)NC1CCCCC1. The number of carbonyl (C=O) groups is 2. The highest BCUT2D eigenvalue weighted by Gasteiger charge is 2.15. The average Bonchev–Trinajstić information content (AvgIpc) is 3.19. The summed E-state index contributed by atoms with van der Waals surface area (Å²) in [4.78, 5) is 24.3. The molecule has 0 aliphatic heterocycles. The van der Waals surface area contributed by atoms with Crippen molar-refractivity contribution in [2.75, 3.05) is 11.9 Å². The molecule has 1 aliphatic rings. The topological polar surface area (TPSA) is 83.4 Å². The number of rotatable bonds is 7. The van der Waals surface area contributed by atoms with Crippen molar-refractivity contribution in [1.82, 2.24) is 10.6 Å². The number of hydrogen-bond donors (Lipinski definition) is 3. The van der Waals surface area contributed by atoms with Crippen LogP contribution in [-0.2, 0) is 11.3 Å². The molecular formula is C20H25N3O3. The Morgan fingerprint density at radius 3 is 2.69 bits per heavy atom. The number of hydrogen-bond acceptors (Lipinski definition) is 4. The van der Waals surface area contributed by atoms with Crippen LogP contribution in [0.1, 0.15) is 48.2 Å². The zero-order valence-electron chi connectivity index (χ0n) is 14.8. The normalized spacial score (nSPS) is 14.6. The molecule has 6 heteroatoms. The van der Waals surface area contributed by atoms with E-state index in [0.717, 1.165) is 18.5 Å². The third-order valence-corrected chi connectivity index (χ3v) is 4.55. The van der Waals surface area contributed by atoms with Crippen molar-refractivity contribution in [2.45, 2.75) is 44.7 Å². The summed E-state index contributed by atoms with van der Waals surface area (Å²) >= 11 is 0. The van der Waals surface area contributed by atoms with Crippen molar-refractivity contribution in [3.05, 3.63) is 54.0 Å². The highest BCUT2D eigenvalue weighted by Crippen LogP contribution is 2.17. The van der Waals surface area contributed by atoms with Gasteiger partial charge >= 0.3 is 0 Å². The van der Waals surface area contributed by atoms with Crippen molar-refractivity contribution in [3.63, 3.8) is 0 Å². The van der Waals surface area contributed by atoms with Crippen molar-refractivity contribution in [2.24, 2.45) is 0 Å². The Labute approximate surface area is 153 Å². The molecule has 3 rings (SSSR count). The fourth-order valence-corrected chi connectivity index (χ4v) is 3.16. The molecule has 1 heterocycles. The molecule has 0 atom stereocenters. The van der Waals surface area contributed by atoms with Crippen LogP contribution in [0.15, 0.2) is 47.1 Å². The number of nitrogens with one attached hydrogen (secondary N) is 3. The maximum absolute atomic E-state index is 12.2. The second-order valence-electron chi connectivity index (χ2n) is 6.60. The van der Waals surface area contributed by atoms with E-state index >= 15 is 0 Å². The van der Waals surface area contributed by atoms with E-state index in [0.29, 0.717) is 23.9 Å².